The maximum Gasteiger partial charge on any atom is 0.573 e. The first kappa shape index (κ1) is 27.7. The van der Waals surface area contributed by atoms with Crippen LogP contribution in [-0.4, -0.2) is 103 Å². The number of benzene rings is 1. The number of nitrogens with zero attached hydrogens (tertiary/aromatic N) is 5. The number of aromatic nitrogens is 2. The van der Waals surface area contributed by atoms with E-state index in [0.717, 1.165) is 6.07 Å². The van der Waals surface area contributed by atoms with Crippen LogP contribution in [-0.2, 0) is 20.7 Å². The molecule has 0 radical (unpaired) electrons. The third-order valence-corrected chi connectivity index (χ3v) is 7.02. The lowest BCUT2D eigenvalue weighted by Crippen LogP contribution is -2.48. The van der Waals surface area contributed by atoms with E-state index >= 15 is 0 Å². The van der Waals surface area contributed by atoms with Crippen LogP contribution in [0.1, 0.15) is 22.3 Å². The van der Waals surface area contributed by atoms with Gasteiger partial charge in [-0.1, -0.05) is 11.3 Å². The maximum absolute atomic E-state index is 13.0. The fourth-order valence-corrected chi connectivity index (χ4v) is 4.95. The summed E-state index contributed by atoms with van der Waals surface area (Å²) in [4.78, 5) is 42.5. The minimum atomic E-state index is -4.98. The van der Waals surface area contributed by atoms with E-state index in [0.29, 0.717) is 62.6 Å². The summed E-state index contributed by atoms with van der Waals surface area (Å²) in [6, 6.07) is 3.39. The van der Waals surface area contributed by atoms with Crippen LogP contribution in [0.25, 0.3) is 0 Å². The fraction of sp³-hybridized carbons (Fsp3) is 0.522. The second-order valence-electron chi connectivity index (χ2n) is 8.77. The van der Waals surface area contributed by atoms with Gasteiger partial charge in [0.1, 0.15) is 5.01 Å². The molecule has 2 saturated heterocycles. The number of morpholine rings is 1. The third kappa shape index (κ3) is 7.61. The Bertz CT molecular complexity index is 1160. The Morgan fingerprint density at radius 1 is 1.08 bits per heavy atom. The largest absolute Gasteiger partial charge is 0.573 e. The molecule has 1 aromatic heterocycles. The number of carbonyl (C=O) groups is 3. The van der Waals surface area contributed by atoms with Crippen molar-refractivity contribution in [3.05, 3.63) is 28.8 Å². The van der Waals surface area contributed by atoms with Gasteiger partial charge in [0.2, 0.25) is 16.9 Å². The van der Waals surface area contributed by atoms with Gasteiger partial charge in [0.15, 0.2) is 11.5 Å². The van der Waals surface area contributed by atoms with Crippen LogP contribution in [0, 0.1) is 0 Å². The molecule has 11 nitrogen and oxygen atoms in total. The molecule has 0 aliphatic carbocycles. The lowest BCUT2D eigenvalue weighted by molar-refractivity contribution is -0.274. The molecule has 2 aliphatic heterocycles. The number of alkyl halides is 3. The van der Waals surface area contributed by atoms with Crippen molar-refractivity contribution in [3.8, 4) is 5.75 Å². The van der Waals surface area contributed by atoms with Gasteiger partial charge in [-0.15, -0.1) is 23.4 Å². The van der Waals surface area contributed by atoms with Gasteiger partial charge in [-0.3, -0.25) is 19.3 Å². The van der Waals surface area contributed by atoms with Crippen molar-refractivity contribution < 1.29 is 37.0 Å². The van der Waals surface area contributed by atoms with Gasteiger partial charge in [-0.05, 0) is 18.2 Å². The van der Waals surface area contributed by atoms with Crippen molar-refractivity contribution in [2.75, 3.05) is 69.2 Å². The zero-order chi connectivity index (χ0) is 27.3. The standard InChI is InChI=1S/C23H27F3N6O5S/c1-15(33)31-4-6-32(7-5-31)22-29-28-21(38-22)13-18(34)16-2-3-19(37-23(24,25)26)17(12-16)27-20(35)14-30-8-10-36-11-9-30/h2-3,12H,4-11,13-14H2,1H3,(H,27,35). The van der Waals surface area contributed by atoms with E-state index in [1.165, 1.54) is 30.4 Å². The van der Waals surface area contributed by atoms with E-state index in [9.17, 15) is 27.6 Å². The number of piperazine rings is 1. The molecule has 0 unspecified atom stereocenters. The molecule has 2 fully saturated rings. The Balaban J connectivity index is 1.43. The first-order chi connectivity index (χ1) is 18.1. The van der Waals surface area contributed by atoms with Crippen LogP contribution < -0.4 is 15.0 Å². The van der Waals surface area contributed by atoms with Gasteiger partial charge in [-0.25, -0.2) is 0 Å². The van der Waals surface area contributed by atoms with Gasteiger partial charge >= 0.3 is 6.36 Å². The Hall–Kier alpha value is -3.30. The summed E-state index contributed by atoms with van der Waals surface area (Å²) in [7, 11) is 0. The summed E-state index contributed by atoms with van der Waals surface area (Å²) < 4.78 is 48.1. The maximum atomic E-state index is 13.0. The van der Waals surface area contributed by atoms with Gasteiger partial charge in [-0.2, -0.15) is 0 Å². The number of rotatable bonds is 8. The molecule has 38 heavy (non-hydrogen) atoms. The Morgan fingerprint density at radius 3 is 2.45 bits per heavy atom. The first-order valence-electron chi connectivity index (χ1n) is 11.9. The second kappa shape index (κ2) is 12.0. The summed E-state index contributed by atoms with van der Waals surface area (Å²) >= 11 is 1.24. The quantitative estimate of drug-likeness (QED) is 0.486. The number of hydrogen-bond donors (Lipinski definition) is 1. The number of hydrogen-bond acceptors (Lipinski definition) is 10. The zero-order valence-corrected chi connectivity index (χ0v) is 21.4. The monoisotopic (exact) mass is 556 g/mol. The van der Waals surface area contributed by atoms with Crippen LogP contribution in [0.4, 0.5) is 24.0 Å². The number of ketones is 1. The summed E-state index contributed by atoms with van der Waals surface area (Å²) in [5, 5.41) is 11.7. The van der Waals surface area contributed by atoms with E-state index in [1.54, 1.807) is 4.90 Å². The Labute approximate surface area is 220 Å². The Kier molecular flexibility index (Phi) is 8.79. The molecule has 0 saturated carbocycles. The highest BCUT2D eigenvalue weighted by atomic mass is 32.1. The summed E-state index contributed by atoms with van der Waals surface area (Å²) in [5.74, 6) is -1.55. The van der Waals surface area contributed by atoms with Crippen molar-refractivity contribution >= 4 is 39.8 Å². The topological polar surface area (TPSA) is 117 Å². The highest BCUT2D eigenvalue weighted by Crippen LogP contribution is 2.32. The molecule has 1 N–H and O–H groups in total. The predicted molar refractivity (Wildman–Crippen MR) is 131 cm³/mol. The zero-order valence-electron chi connectivity index (χ0n) is 20.6. The van der Waals surface area contributed by atoms with Crippen molar-refractivity contribution in [2.45, 2.75) is 19.7 Å². The molecule has 4 rings (SSSR count). The molecule has 206 valence electrons. The van der Waals surface area contributed by atoms with E-state index in [1.807, 2.05) is 9.80 Å². The summed E-state index contributed by atoms with van der Waals surface area (Å²) in [6.07, 6.45) is -5.10. The molecular formula is C23H27F3N6O5S. The van der Waals surface area contributed by atoms with Gasteiger partial charge in [0.05, 0.1) is 31.9 Å². The minimum absolute atomic E-state index is 0.0107. The predicted octanol–water partition coefficient (Wildman–Crippen LogP) is 1.80. The molecule has 0 spiro atoms. The number of nitrogens with one attached hydrogen (secondary N) is 1. The molecular weight excluding hydrogens is 529 g/mol. The van der Waals surface area contributed by atoms with Crippen LogP contribution in [0.3, 0.4) is 0 Å². The molecule has 2 aromatic rings. The first-order valence-corrected chi connectivity index (χ1v) is 12.7. The van der Waals surface area contributed by atoms with Gasteiger partial charge in [0, 0.05) is 51.8 Å². The van der Waals surface area contributed by atoms with E-state index in [4.69, 9.17) is 4.74 Å². The summed E-state index contributed by atoms with van der Waals surface area (Å²) in [5.41, 5.74) is -0.166. The van der Waals surface area contributed by atoms with Crippen LogP contribution >= 0.6 is 11.3 Å². The second-order valence-corrected chi connectivity index (χ2v) is 9.81. The van der Waals surface area contributed by atoms with Crippen LogP contribution in [0.15, 0.2) is 18.2 Å². The van der Waals surface area contributed by atoms with Gasteiger partial charge < -0.3 is 24.6 Å². The fourth-order valence-electron chi connectivity index (χ4n) is 4.06. The average molecular weight is 557 g/mol. The lowest BCUT2D eigenvalue weighted by atomic mass is 10.1. The van der Waals surface area contributed by atoms with Crippen LogP contribution in [0.2, 0.25) is 0 Å². The molecule has 2 aliphatic rings. The number of anilines is 2. The molecule has 1 aromatic carbocycles. The van der Waals surface area contributed by atoms with E-state index < -0.39 is 23.8 Å². The minimum Gasteiger partial charge on any atom is -0.404 e. The van der Waals surface area contributed by atoms with Crippen LogP contribution in [0.5, 0.6) is 5.75 Å². The van der Waals surface area contributed by atoms with Crippen molar-refractivity contribution in [1.82, 2.24) is 20.0 Å². The molecule has 2 amide bonds. The lowest BCUT2D eigenvalue weighted by Gasteiger charge is -2.33. The van der Waals surface area contributed by atoms with Crippen molar-refractivity contribution in [2.24, 2.45) is 0 Å². The van der Waals surface area contributed by atoms with E-state index in [2.05, 4.69) is 20.3 Å². The van der Waals surface area contributed by atoms with Gasteiger partial charge in [0.25, 0.3) is 0 Å². The van der Waals surface area contributed by atoms with E-state index in [-0.39, 0.29) is 30.1 Å². The number of amides is 2. The third-order valence-electron chi connectivity index (χ3n) is 6.04. The number of carbonyl (C=O) groups excluding carboxylic acids is 3. The summed E-state index contributed by atoms with van der Waals surface area (Å²) in [6.45, 7) is 5.76. The number of ether oxygens (including phenoxy) is 2. The highest BCUT2D eigenvalue weighted by Gasteiger charge is 2.33. The van der Waals surface area contributed by atoms with Crippen molar-refractivity contribution in [3.63, 3.8) is 0 Å². The SMILES string of the molecule is CC(=O)N1CCN(c2nnc(CC(=O)c3ccc(OC(F)(F)F)c(NC(=O)CN4CCOCC4)c3)s2)CC1. The molecule has 0 atom stereocenters. The normalized spacial score (nSPS) is 16.8. The number of halogens is 3. The molecule has 3 heterocycles. The average Bonchev–Trinajstić information content (AvgIpc) is 3.33. The smallest absolute Gasteiger partial charge is 0.404 e. The molecule has 0 bridgehead atoms. The Morgan fingerprint density at radius 2 is 1.79 bits per heavy atom. The molecule has 15 heteroatoms. The van der Waals surface area contributed by atoms with Crippen molar-refractivity contribution in [1.29, 1.82) is 0 Å². The number of Topliss-reactive ketones (excluding diaryl/α,β-unsaturated/α-hetero) is 1. The highest BCUT2D eigenvalue weighted by molar-refractivity contribution is 7.15.